The smallest absolute Gasteiger partial charge is 0.246 e. The molecule has 0 atom stereocenters. The summed E-state index contributed by atoms with van der Waals surface area (Å²) < 4.78 is 33.6. The second-order valence-corrected chi connectivity index (χ2v) is 9.01. The van der Waals surface area contributed by atoms with Crippen LogP contribution >= 0.6 is 11.3 Å². The van der Waals surface area contributed by atoms with Crippen LogP contribution in [0, 0.1) is 0 Å². The van der Waals surface area contributed by atoms with Gasteiger partial charge in [0.25, 0.3) is 0 Å². The Morgan fingerprint density at radius 2 is 2.00 bits per heavy atom. The lowest BCUT2D eigenvalue weighted by atomic mass is 10.3. The van der Waals surface area contributed by atoms with Crippen LogP contribution in [0.4, 0.5) is 5.69 Å². The average molecular weight is 406 g/mol. The highest BCUT2D eigenvalue weighted by atomic mass is 32.2. The number of aromatic nitrogens is 1. The zero-order chi connectivity index (χ0) is 19.6. The van der Waals surface area contributed by atoms with Crippen molar-refractivity contribution in [3.05, 3.63) is 47.5 Å². The first-order valence-corrected chi connectivity index (χ1v) is 10.3. The molecule has 0 spiro atoms. The number of sulfonamides is 1. The molecule has 142 valence electrons. The third-order valence-corrected chi connectivity index (χ3v) is 6.71. The molecular weight excluding hydrogens is 386 g/mol. The van der Waals surface area contributed by atoms with E-state index in [4.69, 9.17) is 4.74 Å². The van der Waals surface area contributed by atoms with E-state index in [1.54, 1.807) is 6.07 Å². The lowest BCUT2D eigenvalue weighted by Gasteiger charge is -2.18. The van der Waals surface area contributed by atoms with Crippen molar-refractivity contribution in [1.29, 1.82) is 0 Å². The molecule has 0 aliphatic rings. The molecule has 3 aromatic rings. The summed E-state index contributed by atoms with van der Waals surface area (Å²) >= 11 is 1.45. The van der Waals surface area contributed by atoms with Gasteiger partial charge in [-0.25, -0.2) is 13.4 Å². The Balaban J connectivity index is 1.93. The third-order valence-electron chi connectivity index (χ3n) is 3.87. The molecule has 0 aliphatic carbocycles. The molecule has 0 bridgehead atoms. The van der Waals surface area contributed by atoms with Crippen LogP contribution in [-0.4, -0.2) is 37.8 Å². The first kappa shape index (κ1) is 19.3. The van der Waals surface area contributed by atoms with E-state index in [9.17, 15) is 13.2 Å². The molecule has 1 amide bonds. The van der Waals surface area contributed by atoms with E-state index < -0.39 is 10.0 Å². The van der Waals surface area contributed by atoms with Gasteiger partial charge in [0.05, 0.1) is 23.9 Å². The Morgan fingerprint density at radius 1 is 1.26 bits per heavy atom. The van der Waals surface area contributed by atoms with Gasteiger partial charge in [0.2, 0.25) is 15.9 Å². The fourth-order valence-electron chi connectivity index (χ4n) is 2.59. The number of nitrogens with one attached hydrogen (secondary N) is 1. The summed E-state index contributed by atoms with van der Waals surface area (Å²) in [5, 5.41) is 3.28. The van der Waals surface area contributed by atoms with Crippen molar-refractivity contribution in [3.8, 4) is 5.75 Å². The van der Waals surface area contributed by atoms with Crippen LogP contribution in [0.1, 0.15) is 11.9 Å². The topological polar surface area (TPSA) is 88.6 Å². The van der Waals surface area contributed by atoms with E-state index in [0.29, 0.717) is 10.7 Å². The van der Waals surface area contributed by atoms with Crippen molar-refractivity contribution in [1.82, 2.24) is 9.29 Å². The second-order valence-electron chi connectivity index (χ2n) is 5.88. The predicted molar refractivity (Wildman–Crippen MR) is 106 cm³/mol. The van der Waals surface area contributed by atoms with Gasteiger partial charge in [-0.3, -0.25) is 4.79 Å². The fourth-order valence-corrected chi connectivity index (χ4v) is 5.00. The number of nitrogens with zero attached hydrogens (tertiary/aromatic N) is 2. The van der Waals surface area contributed by atoms with E-state index in [0.717, 1.165) is 10.2 Å². The Bertz CT molecular complexity index is 1060. The Morgan fingerprint density at radius 3 is 2.67 bits per heavy atom. The van der Waals surface area contributed by atoms with Gasteiger partial charge in [0, 0.05) is 19.7 Å². The van der Waals surface area contributed by atoms with Gasteiger partial charge in [0.15, 0.2) is 0 Å². The summed E-state index contributed by atoms with van der Waals surface area (Å²) in [6.07, 6.45) is 0. The van der Waals surface area contributed by atoms with Crippen LogP contribution in [0.15, 0.2) is 47.4 Å². The van der Waals surface area contributed by atoms with Crippen LogP contribution in [0.2, 0.25) is 0 Å². The lowest BCUT2D eigenvalue weighted by molar-refractivity contribution is -0.114. The summed E-state index contributed by atoms with van der Waals surface area (Å²) in [5.41, 5.74) is 1.23. The van der Waals surface area contributed by atoms with Crippen molar-refractivity contribution in [3.63, 3.8) is 0 Å². The van der Waals surface area contributed by atoms with Gasteiger partial charge in [-0.05, 0) is 30.3 Å². The number of amides is 1. The number of carbonyl (C=O) groups excluding carboxylic acids is 1. The molecule has 0 aliphatic heterocycles. The summed E-state index contributed by atoms with van der Waals surface area (Å²) in [7, 11) is -0.957. The number of carbonyl (C=O) groups is 1. The van der Waals surface area contributed by atoms with Crippen molar-refractivity contribution in [2.75, 3.05) is 19.5 Å². The second kappa shape index (κ2) is 7.63. The minimum absolute atomic E-state index is 0.0140. The first-order chi connectivity index (χ1) is 12.8. The Kier molecular flexibility index (Phi) is 5.45. The molecule has 0 unspecified atom stereocenters. The summed E-state index contributed by atoms with van der Waals surface area (Å²) in [6, 6.07) is 12.2. The number of hydrogen-bond acceptors (Lipinski definition) is 6. The molecule has 0 saturated heterocycles. The average Bonchev–Trinajstić information content (AvgIpc) is 3.03. The van der Waals surface area contributed by atoms with Crippen LogP contribution < -0.4 is 10.1 Å². The first-order valence-electron chi connectivity index (χ1n) is 8.07. The minimum atomic E-state index is -3.85. The van der Waals surface area contributed by atoms with Gasteiger partial charge in [-0.2, -0.15) is 4.31 Å². The molecule has 7 nitrogen and oxygen atoms in total. The van der Waals surface area contributed by atoms with E-state index in [1.165, 1.54) is 48.9 Å². The maximum Gasteiger partial charge on any atom is 0.246 e. The number of rotatable bonds is 6. The highest BCUT2D eigenvalue weighted by Crippen LogP contribution is 2.31. The Hall–Kier alpha value is -2.49. The number of anilines is 1. The number of ether oxygens (including phenoxy) is 1. The monoisotopic (exact) mass is 405 g/mol. The Labute approximate surface area is 161 Å². The third kappa shape index (κ3) is 4.10. The minimum Gasteiger partial charge on any atom is -0.495 e. The fraction of sp³-hybridized carbons (Fsp3) is 0.222. The molecule has 1 N–H and O–H groups in total. The van der Waals surface area contributed by atoms with E-state index in [-0.39, 0.29) is 23.1 Å². The number of fused-ring (bicyclic) bond motifs is 1. The largest absolute Gasteiger partial charge is 0.495 e. The maximum absolute atomic E-state index is 13.1. The standard InChI is InChI=1S/C18H19N3O4S2/c1-12(22)19-13-8-9-15(25-3)17(10-13)27(23,24)21(2)11-18-20-14-6-4-5-7-16(14)26-18/h4-10H,11H2,1-3H3,(H,19,22). The number of methoxy groups -OCH3 is 1. The summed E-state index contributed by atoms with van der Waals surface area (Å²) in [6.45, 7) is 1.49. The van der Waals surface area contributed by atoms with Crippen molar-refractivity contribution in [2.24, 2.45) is 0 Å². The zero-order valence-electron chi connectivity index (χ0n) is 15.1. The number of benzene rings is 2. The number of hydrogen-bond donors (Lipinski definition) is 1. The van der Waals surface area contributed by atoms with Crippen LogP contribution in [0.25, 0.3) is 10.2 Å². The molecular formula is C18H19N3O4S2. The highest BCUT2D eigenvalue weighted by molar-refractivity contribution is 7.89. The molecule has 0 radical (unpaired) electrons. The number of para-hydroxylation sites is 1. The molecule has 3 rings (SSSR count). The van der Waals surface area contributed by atoms with Gasteiger partial charge >= 0.3 is 0 Å². The number of thiazole rings is 1. The normalized spacial score (nSPS) is 11.7. The molecule has 27 heavy (non-hydrogen) atoms. The van der Waals surface area contributed by atoms with Crippen molar-refractivity contribution in [2.45, 2.75) is 18.4 Å². The molecule has 1 aromatic heterocycles. The van der Waals surface area contributed by atoms with Gasteiger partial charge in [-0.15, -0.1) is 11.3 Å². The van der Waals surface area contributed by atoms with Crippen molar-refractivity contribution >= 4 is 43.2 Å². The summed E-state index contributed by atoms with van der Waals surface area (Å²) in [5.74, 6) is -0.0772. The molecule has 2 aromatic carbocycles. The quantitative estimate of drug-likeness (QED) is 0.681. The highest BCUT2D eigenvalue weighted by Gasteiger charge is 2.26. The molecule has 0 saturated carbocycles. The lowest BCUT2D eigenvalue weighted by Crippen LogP contribution is -2.27. The van der Waals surface area contributed by atoms with E-state index >= 15 is 0 Å². The predicted octanol–water partition coefficient (Wildman–Crippen LogP) is 3.08. The SMILES string of the molecule is COc1ccc(NC(C)=O)cc1S(=O)(=O)N(C)Cc1nc2ccccc2s1. The van der Waals surface area contributed by atoms with Gasteiger partial charge < -0.3 is 10.1 Å². The molecule has 1 heterocycles. The van der Waals surface area contributed by atoms with Crippen LogP contribution in [0.5, 0.6) is 5.75 Å². The zero-order valence-corrected chi connectivity index (χ0v) is 16.7. The van der Waals surface area contributed by atoms with E-state index in [2.05, 4.69) is 10.3 Å². The maximum atomic E-state index is 13.1. The van der Waals surface area contributed by atoms with Gasteiger partial charge in [-0.1, -0.05) is 12.1 Å². The van der Waals surface area contributed by atoms with Crippen molar-refractivity contribution < 1.29 is 17.9 Å². The molecule has 9 heteroatoms. The summed E-state index contributed by atoms with van der Waals surface area (Å²) in [4.78, 5) is 15.7. The molecule has 0 fully saturated rings. The van der Waals surface area contributed by atoms with E-state index in [1.807, 2.05) is 24.3 Å². The van der Waals surface area contributed by atoms with Crippen LogP contribution in [0.3, 0.4) is 0 Å². The van der Waals surface area contributed by atoms with Gasteiger partial charge in [0.1, 0.15) is 15.7 Å². The van der Waals surface area contributed by atoms with Crippen LogP contribution in [-0.2, 0) is 21.4 Å².